The molecular formula is C8H12F3NO3. The molecule has 0 aromatic rings. The van der Waals surface area contributed by atoms with Crippen molar-refractivity contribution in [3.63, 3.8) is 0 Å². The Morgan fingerprint density at radius 2 is 2.07 bits per heavy atom. The van der Waals surface area contributed by atoms with Crippen LogP contribution in [-0.2, 0) is 9.53 Å². The summed E-state index contributed by atoms with van der Waals surface area (Å²) in [7, 11) is 0. The second-order valence-corrected chi connectivity index (χ2v) is 3.59. The van der Waals surface area contributed by atoms with Gasteiger partial charge in [0.15, 0.2) is 0 Å². The number of rotatable bonds is 2. The zero-order valence-corrected chi connectivity index (χ0v) is 7.88. The van der Waals surface area contributed by atoms with E-state index in [9.17, 15) is 18.0 Å². The lowest BCUT2D eigenvalue weighted by atomic mass is 9.80. The molecule has 2 unspecified atom stereocenters. The maximum atomic E-state index is 12.6. The first-order chi connectivity index (χ1) is 6.80. The topological polar surface area (TPSA) is 72.6 Å². The van der Waals surface area contributed by atoms with E-state index in [2.05, 4.69) is 0 Å². The lowest BCUT2D eigenvalue weighted by Gasteiger charge is -2.36. The molecule has 7 heteroatoms. The van der Waals surface area contributed by atoms with Crippen LogP contribution in [0.5, 0.6) is 0 Å². The Kier molecular flexibility index (Phi) is 3.25. The predicted molar refractivity (Wildman–Crippen MR) is 44.2 cm³/mol. The fraction of sp³-hybridized carbons (Fsp3) is 0.875. The molecule has 1 heterocycles. The van der Waals surface area contributed by atoms with Crippen molar-refractivity contribution in [2.75, 3.05) is 13.2 Å². The maximum Gasteiger partial charge on any atom is 0.417 e. The van der Waals surface area contributed by atoms with Gasteiger partial charge in [-0.1, -0.05) is 0 Å². The van der Waals surface area contributed by atoms with Gasteiger partial charge in [0.05, 0.1) is 6.61 Å². The third kappa shape index (κ3) is 2.07. The van der Waals surface area contributed by atoms with E-state index in [4.69, 9.17) is 15.6 Å². The van der Waals surface area contributed by atoms with E-state index >= 15 is 0 Å². The van der Waals surface area contributed by atoms with Crippen LogP contribution in [0.3, 0.4) is 0 Å². The number of hydrogen-bond donors (Lipinski definition) is 2. The first-order valence-electron chi connectivity index (χ1n) is 4.47. The monoisotopic (exact) mass is 227 g/mol. The van der Waals surface area contributed by atoms with Crippen LogP contribution in [-0.4, -0.2) is 36.0 Å². The van der Waals surface area contributed by atoms with Crippen molar-refractivity contribution < 1.29 is 27.8 Å². The van der Waals surface area contributed by atoms with Gasteiger partial charge in [0, 0.05) is 12.5 Å². The number of carbonyl (C=O) groups is 1. The molecule has 0 spiro atoms. The lowest BCUT2D eigenvalue weighted by Crippen LogP contribution is -2.65. The molecule has 2 atom stereocenters. The van der Waals surface area contributed by atoms with Crippen LogP contribution >= 0.6 is 0 Å². The Bertz CT molecular complexity index is 250. The average molecular weight is 227 g/mol. The van der Waals surface area contributed by atoms with Crippen LogP contribution < -0.4 is 5.73 Å². The molecular weight excluding hydrogens is 215 g/mol. The molecule has 0 aromatic carbocycles. The van der Waals surface area contributed by atoms with Crippen molar-refractivity contribution in [1.29, 1.82) is 0 Å². The molecule has 0 radical (unpaired) electrons. The summed E-state index contributed by atoms with van der Waals surface area (Å²) in [6.07, 6.45) is -4.46. The molecule has 88 valence electrons. The Hall–Kier alpha value is -0.820. The van der Waals surface area contributed by atoms with Crippen molar-refractivity contribution in [3.05, 3.63) is 0 Å². The summed E-state index contributed by atoms with van der Waals surface area (Å²) in [6.45, 7) is 0.0896. The number of ether oxygens (including phenoxy) is 1. The summed E-state index contributed by atoms with van der Waals surface area (Å²) in [5.74, 6) is -3.27. The van der Waals surface area contributed by atoms with Crippen molar-refractivity contribution in [3.8, 4) is 0 Å². The van der Waals surface area contributed by atoms with Gasteiger partial charge < -0.3 is 15.6 Å². The van der Waals surface area contributed by atoms with E-state index in [0.717, 1.165) is 0 Å². The van der Waals surface area contributed by atoms with Crippen LogP contribution in [0.25, 0.3) is 0 Å². The third-order valence-corrected chi connectivity index (χ3v) is 2.63. The minimum atomic E-state index is -4.97. The second-order valence-electron chi connectivity index (χ2n) is 3.59. The number of alkyl halides is 3. The van der Waals surface area contributed by atoms with E-state index in [1.54, 1.807) is 0 Å². The molecule has 0 aliphatic carbocycles. The minimum absolute atomic E-state index is 0.113. The van der Waals surface area contributed by atoms with E-state index in [1.807, 2.05) is 0 Å². The Balaban J connectivity index is 2.94. The summed E-state index contributed by atoms with van der Waals surface area (Å²) >= 11 is 0. The summed E-state index contributed by atoms with van der Waals surface area (Å²) < 4.78 is 42.6. The summed E-state index contributed by atoms with van der Waals surface area (Å²) in [4.78, 5) is 10.7. The number of halogens is 3. The summed E-state index contributed by atoms with van der Waals surface area (Å²) in [5.41, 5.74) is 1.79. The Morgan fingerprint density at radius 1 is 1.47 bits per heavy atom. The standard InChI is InChI=1S/C8H12F3NO3/c9-8(10,11)7(12,6(13)14)5-2-1-3-15-4-5/h5H,1-4,12H2,(H,13,14). The largest absolute Gasteiger partial charge is 0.480 e. The second kappa shape index (κ2) is 3.97. The van der Waals surface area contributed by atoms with Gasteiger partial charge in [0.2, 0.25) is 5.54 Å². The average Bonchev–Trinajstić information content (AvgIpc) is 2.16. The van der Waals surface area contributed by atoms with Gasteiger partial charge in [0.1, 0.15) is 0 Å². The quantitative estimate of drug-likeness (QED) is 0.730. The van der Waals surface area contributed by atoms with Gasteiger partial charge in [-0.2, -0.15) is 13.2 Å². The highest BCUT2D eigenvalue weighted by Gasteiger charge is 2.62. The molecule has 3 N–H and O–H groups in total. The first kappa shape index (κ1) is 12.3. The first-order valence-corrected chi connectivity index (χ1v) is 4.47. The van der Waals surface area contributed by atoms with Crippen LogP contribution in [0.2, 0.25) is 0 Å². The van der Waals surface area contributed by atoms with Crippen molar-refractivity contribution >= 4 is 5.97 Å². The number of nitrogens with two attached hydrogens (primary N) is 1. The van der Waals surface area contributed by atoms with Crippen molar-refractivity contribution in [1.82, 2.24) is 0 Å². The SMILES string of the molecule is NC(C(=O)O)(C1CCCOC1)C(F)(F)F. The van der Waals surface area contributed by atoms with Crippen LogP contribution in [0.4, 0.5) is 13.2 Å². The highest BCUT2D eigenvalue weighted by atomic mass is 19.4. The van der Waals surface area contributed by atoms with Crippen LogP contribution in [0.15, 0.2) is 0 Å². The number of hydrogen-bond acceptors (Lipinski definition) is 3. The highest BCUT2D eigenvalue weighted by molar-refractivity contribution is 5.80. The van der Waals surface area contributed by atoms with Gasteiger partial charge in [-0.25, -0.2) is 4.79 Å². The zero-order valence-electron chi connectivity index (χ0n) is 7.88. The van der Waals surface area contributed by atoms with E-state index < -0.39 is 23.6 Å². The van der Waals surface area contributed by atoms with Crippen LogP contribution in [0.1, 0.15) is 12.8 Å². The van der Waals surface area contributed by atoms with Gasteiger partial charge in [-0.05, 0) is 12.8 Å². The number of carboxylic acid groups (broad SMARTS) is 1. The molecule has 0 saturated carbocycles. The smallest absolute Gasteiger partial charge is 0.417 e. The van der Waals surface area contributed by atoms with Crippen molar-refractivity contribution in [2.45, 2.75) is 24.6 Å². The third-order valence-electron chi connectivity index (χ3n) is 2.63. The minimum Gasteiger partial charge on any atom is -0.480 e. The molecule has 1 aliphatic rings. The molecule has 1 saturated heterocycles. The van der Waals surface area contributed by atoms with Gasteiger partial charge in [0.25, 0.3) is 0 Å². The highest BCUT2D eigenvalue weighted by Crippen LogP contribution is 2.38. The van der Waals surface area contributed by atoms with E-state index in [0.29, 0.717) is 13.0 Å². The number of carboxylic acids is 1. The molecule has 1 aliphatic heterocycles. The van der Waals surface area contributed by atoms with Crippen LogP contribution in [0, 0.1) is 5.92 Å². The molecule has 4 nitrogen and oxygen atoms in total. The van der Waals surface area contributed by atoms with Gasteiger partial charge in [-0.15, -0.1) is 0 Å². The normalized spacial score (nSPS) is 27.1. The maximum absolute atomic E-state index is 12.6. The molecule has 0 amide bonds. The molecule has 0 aromatic heterocycles. The molecule has 1 rings (SSSR count). The van der Waals surface area contributed by atoms with Gasteiger partial charge in [-0.3, -0.25) is 0 Å². The Labute approximate surface area is 84.2 Å². The summed E-state index contributed by atoms with van der Waals surface area (Å²) in [6, 6.07) is 0. The summed E-state index contributed by atoms with van der Waals surface area (Å²) in [5, 5.41) is 8.62. The van der Waals surface area contributed by atoms with E-state index in [-0.39, 0.29) is 13.0 Å². The fourth-order valence-electron chi connectivity index (χ4n) is 1.63. The lowest BCUT2D eigenvalue weighted by molar-refractivity contribution is -0.220. The van der Waals surface area contributed by atoms with Gasteiger partial charge >= 0.3 is 12.1 Å². The molecule has 0 bridgehead atoms. The van der Waals surface area contributed by atoms with Crippen molar-refractivity contribution in [2.24, 2.45) is 11.7 Å². The molecule has 15 heavy (non-hydrogen) atoms. The molecule has 1 fully saturated rings. The predicted octanol–water partition coefficient (Wildman–Crippen LogP) is 0.757. The fourth-order valence-corrected chi connectivity index (χ4v) is 1.63. The van der Waals surface area contributed by atoms with E-state index in [1.165, 1.54) is 0 Å². The zero-order chi connectivity index (χ0) is 11.7. The number of aliphatic carboxylic acids is 1. The Morgan fingerprint density at radius 3 is 2.40 bits per heavy atom.